The molecule has 0 aliphatic heterocycles. The first-order valence-corrected chi connectivity index (χ1v) is 7.04. The number of alkyl halides is 3. The van der Waals surface area contributed by atoms with Crippen molar-refractivity contribution in [2.75, 3.05) is 5.32 Å². The molecule has 0 saturated carbocycles. The monoisotopic (exact) mass is 379 g/mol. The van der Waals surface area contributed by atoms with Gasteiger partial charge in [0.2, 0.25) is 0 Å². The molecule has 0 amide bonds. The zero-order chi connectivity index (χ0) is 15.5. The van der Waals surface area contributed by atoms with Gasteiger partial charge in [-0.25, -0.2) is 0 Å². The quantitative estimate of drug-likeness (QED) is 0.744. The number of rotatable bonds is 4. The second-order valence-corrected chi connectivity index (χ2v) is 5.47. The fourth-order valence-corrected chi connectivity index (χ4v) is 2.34. The van der Waals surface area contributed by atoms with Crippen LogP contribution in [0.4, 0.5) is 18.9 Å². The van der Waals surface area contributed by atoms with E-state index in [0.717, 1.165) is 5.56 Å². The van der Waals surface area contributed by atoms with Crippen LogP contribution in [0.3, 0.4) is 0 Å². The summed E-state index contributed by atoms with van der Waals surface area (Å²) in [7, 11) is 0. The maximum absolute atomic E-state index is 12.2. The smallest absolute Gasteiger partial charge is 0.405 e. The molecule has 0 aromatic heterocycles. The molecular weight excluding hydrogens is 371 g/mol. The van der Waals surface area contributed by atoms with Gasteiger partial charge < -0.3 is 10.1 Å². The van der Waals surface area contributed by atoms with E-state index in [4.69, 9.17) is 11.6 Å². The molecule has 0 fully saturated rings. The van der Waals surface area contributed by atoms with E-state index in [9.17, 15) is 13.2 Å². The summed E-state index contributed by atoms with van der Waals surface area (Å²) in [5, 5.41) is 3.72. The third kappa shape index (κ3) is 5.13. The lowest BCUT2D eigenvalue weighted by Crippen LogP contribution is -2.17. The van der Waals surface area contributed by atoms with E-state index in [-0.39, 0.29) is 10.2 Å². The van der Waals surface area contributed by atoms with E-state index in [0.29, 0.717) is 17.3 Å². The SMILES string of the molecule is FC(F)(F)Oc1ccc(NCc2cccc(Cl)c2)cc1Br. The number of nitrogens with one attached hydrogen (secondary N) is 1. The van der Waals surface area contributed by atoms with Crippen molar-refractivity contribution in [2.45, 2.75) is 12.9 Å². The first-order chi connectivity index (χ1) is 9.83. The summed E-state index contributed by atoms with van der Waals surface area (Å²) < 4.78 is 40.6. The van der Waals surface area contributed by atoms with E-state index < -0.39 is 6.36 Å². The standard InChI is InChI=1S/C14H10BrClF3NO/c15-12-7-11(4-5-13(12)21-14(17,18)19)20-8-9-2-1-3-10(16)6-9/h1-7,20H,8H2. The Hall–Kier alpha value is -1.40. The van der Waals surface area contributed by atoms with E-state index in [1.807, 2.05) is 18.2 Å². The Morgan fingerprint density at radius 2 is 1.90 bits per heavy atom. The molecule has 0 bridgehead atoms. The second-order valence-electron chi connectivity index (χ2n) is 4.18. The molecule has 2 nitrogen and oxygen atoms in total. The normalized spacial score (nSPS) is 11.3. The van der Waals surface area contributed by atoms with Crippen molar-refractivity contribution in [1.82, 2.24) is 0 Å². The first-order valence-electron chi connectivity index (χ1n) is 5.87. The molecule has 2 rings (SSSR count). The lowest BCUT2D eigenvalue weighted by atomic mass is 10.2. The topological polar surface area (TPSA) is 21.3 Å². The van der Waals surface area contributed by atoms with Gasteiger partial charge in [-0.2, -0.15) is 0 Å². The maximum atomic E-state index is 12.2. The number of hydrogen-bond acceptors (Lipinski definition) is 2. The van der Waals surface area contributed by atoms with Crippen LogP contribution in [0.1, 0.15) is 5.56 Å². The molecule has 0 radical (unpaired) electrons. The largest absolute Gasteiger partial charge is 0.573 e. The summed E-state index contributed by atoms with van der Waals surface area (Å²) in [6.45, 7) is 0.506. The highest BCUT2D eigenvalue weighted by Crippen LogP contribution is 2.32. The van der Waals surface area contributed by atoms with Gasteiger partial charge in [-0.15, -0.1) is 13.2 Å². The van der Waals surface area contributed by atoms with Crippen molar-refractivity contribution < 1.29 is 17.9 Å². The minimum absolute atomic E-state index is 0.218. The molecule has 2 aromatic rings. The molecule has 21 heavy (non-hydrogen) atoms. The van der Waals surface area contributed by atoms with Gasteiger partial charge in [0.05, 0.1) is 4.47 Å². The molecule has 0 aliphatic carbocycles. The fourth-order valence-electron chi connectivity index (χ4n) is 1.67. The molecule has 1 N–H and O–H groups in total. The fraction of sp³-hybridized carbons (Fsp3) is 0.143. The highest BCUT2D eigenvalue weighted by atomic mass is 79.9. The lowest BCUT2D eigenvalue weighted by molar-refractivity contribution is -0.274. The summed E-state index contributed by atoms with van der Waals surface area (Å²) in [4.78, 5) is 0. The molecule has 112 valence electrons. The lowest BCUT2D eigenvalue weighted by Gasteiger charge is -2.12. The predicted molar refractivity (Wildman–Crippen MR) is 79.6 cm³/mol. The number of hydrogen-bond donors (Lipinski definition) is 1. The first kappa shape index (κ1) is 16.0. The van der Waals surface area contributed by atoms with Gasteiger partial charge in [0.25, 0.3) is 0 Å². The molecule has 0 heterocycles. The Labute approximate surface area is 133 Å². The van der Waals surface area contributed by atoms with Gasteiger partial charge in [-0.1, -0.05) is 23.7 Å². The van der Waals surface area contributed by atoms with Gasteiger partial charge in [-0.3, -0.25) is 0 Å². The Bertz CT molecular complexity index is 634. The van der Waals surface area contributed by atoms with Crippen LogP contribution in [0.2, 0.25) is 5.02 Å². The average molecular weight is 381 g/mol. The third-order valence-electron chi connectivity index (χ3n) is 2.54. The van der Waals surface area contributed by atoms with E-state index >= 15 is 0 Å². The van der Waals surface area contributed by atoms with Crippen LogP contribution >= 0.6 is 27.5 Å². The van der Waals surface area contributed by atoms with E-state index in [1.165, 1.54) is 18.2 Å². The van der Waals surface area contributed by atoms with E-state index in [1.54, 1.807) is 6.07 Å². The van der Waals surface area contributed by atoms with Gasteiger partial charge in [0, 0.05) is 17.3 Å². The van der Waals surface area contributed by atoms with Crippen LogP contribution in [0, 0.1) is 0 Å². The molecular formula is C14H10BrClF3NO. The molecule has 2 aromatic carbocycles. The molecule has 7 heteroatoms. The predicted octanol–water partition coefficient (Wildman–Crippen LogP) is 5.61. The van der Waals surface area contributed by atoms with Crippen molar-refractivity contribution in [2.24, 2.45) is 0 Å². The van der Waals surface area contributed by atoms with Crippen LogP contribution < -0.4 is 10.1 Å². The molecule has 0 spiro atoms. The average Bonchev–Trinajstić information content (AvgIpc) is 2.38. The summed E-state index contributed by atoms with van der Waals surface area (Å²) in [6.07, 6.45) is -4.71. The van der Waals surface area contributed by atoms with Gasteiger partial charge >= 0.3 is 6.36 Å². The Morgan fingerprint density at radius 3 is 2.52 bits per heavy atom. The minimum Gasteiger partial charge on any atom is -0.405 e. The van der Waals surface area contributed by atoms with Crippen LogP contribution in [-0.2, 0) is 6.54 Å². The molecule has 0 saturated heterocycles. The van der Waals surface area contributed by atoms with E-state index in [2.05, 4.69) is 26.0 Å². The van der Waals surface area contributed by atoms with Crippen molar-refractivity contribution in [3.8, 4) is 5.75 Å². The van der Waals surface area contributed by atoms with Crippen LogP contribution in [-0.4, -0.2) is 6.36 Å². The second kappa shape index (κ2) is 6.58. The third-order valence-corrected chi connectivity index (χ3v) is 3.40. The van der Waals surface area contributed by atoms with Crippen LogP contribution in [0.15, 0.2) is 46.9 Å². The minimum atomic E-state index is -4.71. The summed E-state index contributed by atoms with van der Waals surface area (Å²) in [6, 6.07) is 11.6. The van der Waals surface area contributed by atoms with Gasteiger partial charge in [-0.05, 0) is 51.8 Å². The van der Waals surface area contributed by atoms with Crippen molar-refractivity contribution >= 4 is 33.2 Å². The maximum Gasteiger partial charge on any atom is 0.573 e. The number of anilines is 1. The van der Waals surface area contributed by atoms with Crippen molar-refractivity contribution in [3.05, 3.63) is 57.5 Å². The molecule has 0 atom stereocenters. The molecule has 0 aliphatic rings. The van der Waals surface area contributed by atoms with Crippen LogP contribution in [0.5, 0.6) is 5.75 Å². The molecule has 0 unspecified atom stereocenters. The number of ether oxygens (including phenoxy) is 1. The van der Waals surface area contributed by atoms with Gasteiger partial charge in [0.1, 0.15) is 5.75 Å². The summed E-state index contributed by atoms with van der Waals surface area (Å²) >= 11 is 8.93. The van der Waals surface area contributed by atoms with Crippen molar-refractivity contribution in [3.63, 3.8) is 0 Å². The van der Waals surface area contributed by atoms with Crippen LogP contribution in [0.25, 0.3) is 0 Å². The highest BCUT2D eigenvalue weighted by Gasteiger charge is 2.31. The number of benzene rings is 2. The summed E-state index contributed by atoms with van der Waals surface area (Å²) in [5.41, 5.74) is 1.63. The Balaban J connectivity index is 2.03. The summed E-state index contributed by atoms with van der Waals surface area (Å²) in [5.74, 6) is -0.282. The Morgan fingerprint density at radius 1 is 1.14 bits per heavy atom. The zero-order valence-electron chi connectivity index (χ0n) is 10.5. The highest BCUT2D eigenvalue weighted by molar-refractivity contribution is 9.10. The van der Waals surface area contributed by atoms with Crippen molar-refractivity contribution in [1.29, 1.82) is 0 Å². The van der Waals surface area contributed by atoms with Gasteiger partial charge in [0.15, 0.2) is 0 Å². The number of halogens is 5. The zero-order valence-corrected chi connectivity index (χ0v) is 12.9. The Kier molecular flexibility index (Phi) is 5.00.